The standard InChI is InChI=1S/C14H29N3O2/c1-5-17(11-6-7-11)9-8-15-13(19)16-10-12(18)14(2,3)4/h11-12,18H,5-10H2,1-4H3,(H2,15,16,19). The summed E-state index contributed by atoms with van der Waals surface area (Å²) in [7, 11) is 0. The summed E-state index contributed by atoms with van der Waals surface area (Å²) in [6, 6.07) is 0.535. The van der Waals surface area contributed by atoms with Crippen LogP contribution in [0.1, 0.15) is 40.5 Å². The highest BCUT2D eigenvalue weighted by Crippen LogP contribution is 2.25. The molecule has 0 aromatic heterocycles. The monoisotopic (exact) mass is 271 g/mol. The lowest BCUT2D eigenvalue weighted by molar-refractivity contribution is 0.0649. The molecule has 5 heteroatoms. The molecule has 0 bridgehead atoms. The summed E-state index contributed by atoms with van der Waals surface area (Å²) < 4.78 is 0. The summed E-state index contributed by atoms with van der Waals surface area (Å²) >= 11 is 0. The van der Waals surface area contributed by atoms with Crippen LogP contribution < -0.4 is 10.6 Å². The van der Waals surface area contributed by atoms with Crippen LogP contribution in [0.4, 0.5) is 4.79 Å². The second kappa shape index (κ2) is 7.10. The predicted octanol–water partition coefficient (Wildman–Crippen LogP) is 1.18. The van der Waals surface area contributed by atoms with E-state index in [9.17, 15) is 9.90 Å². The first kappa shape index (κ1) is 16.2. The van der Waals surface area contributed by atoms with Gasteiger partial charge < -0.3 is 15.7 Å². The summed E-state index contributed by atoms with van der Waals surface area (Å²) in [6.45, 7) is 10.9. The number of rotatable bonds is 7. The Labute approximate surface area is 116 Å². The number of nitrogens with zero attached hydrogens (tertiary/aromatic N) is 1. The molecule has 3 N–H and O–H groups in total. The van der Waals surface area contributed by atoms with Gasteiger partial charge in [0.25, 0.3) is 0 Å². The van der Waals surface area contributed by atoms with E-state index in [2.05, 4.69) is 22.5 Å². The number of urea groups is 1. The van der Waals surface area contributed by atoms with Crippen molar-refractivity contribution in [2.24, 2.45) is 5.41 Å². The minimum atomic E-state index is -0.531. The first-order valence-corrected chi connectivity index (χ1v) is 7.28. The maximum Gasteiger partial charge on any atom is 0.314 e. The maximum atomic E-state index is 11.6. The molecule has 1 atom stereocenters. The van der Waals surface area contributed by atoms with Crippen molar-refractivity contribution in [3.05, 3.63) is 0 Å². The van der Waals surface area contributed by atoms with E-state index in [0.717, 1.165) is 19.1 Å². The number of likely N-dealkylation sites (N-methyl/N-ethyl adjacent to an activating group) is 1. The molecule has 0 aromatic carbocycles. The van der Waals surface area contributed by atoms with Gasteiger partial charge in [-0.1, -0.05) is 27.7 Å². The highest BCUT2D eigenvalue weighted by atomic mass is 16.3. The van der Waals surface area contributed by atoms with Gasteiger partial charge in [0, 0.05) is 25.7 Å². The van der Waals surface area contributed by atoms with Gasteiger partial charge in [0.15, 0.2) is 0 Å². The lowest BCUT2D eigenvalue weighted by Crippen LogP contribution is -2.45. The number of carbonyl (C=O) groups is 1. The van der Waals surface area contributed by atoms with Crippen molar-refractivity contribution >= 4 is 6.03 Å². The summed E-state index contributed by atoms with van der Waals surface area (Å²) in [5.41, 5.74) is -0.210. The zero-order valence-corrected chi connectivity index (χ0v) is 12.7. The van der Waals surface area contributed by atoms with E-state index in [1.165, 1.54) is 12.8 Å². The number of aliphatic hydroxyl groups is 1. The third-order valence-electron chi connectivity index (χ3n) is 3.61. The Morgan fingerprint density at radius 2 is 2.00 bits per heavy atom. The number of hydrogen-bond donors (Lipinski definition) is 3. The van der Waals surface area contributed by atoms with Crippen LogP contribution in [-0.2, 0) is 0 Å². The number of amides is 2. The van der Waals surface area contributed by atoms with Gasteiger partial charge in [-0.3, -0.25) is 4.90 Å². The fourth-order valence-electron chi connectivity index (χ4n) is 1.91. The molecule has 0 radical (unpaired) electrons. The summed E-state index contributed by atoms with van der Waals surface area (Å²) in [4.78, 5) is 14.0. The molecule has 0 aromatic rings. The second-order valence-corrected chi connectivity index (χ2v) is 6.38. The Morgan fingerprint density at radius 3 is 2.47 bits per heavy atom. The van der Waals surface area contributed by atoms with Crippen molar-refractivity contribution in [2.45, 2.75) is 52.7 Å². The van der Waals surface area contributed by atoms with E-state index < -0.39 is 6.10 Å². The van der Waals surface area contributed by atoms with Crippen molar-refractivity contribution in [2.75, 3.05) is 26.2 Å². The second-order valence-electron chi connectivity index (χ2n) is 6.38. The molecule has 1 saturated carbocycles. The fourth-order valence-corrected chi connectivity index (χ4v) is 1.91. The number of aliphatic hydroxyl groups excluding tert-OH is 1. The molecule has 0 aliphatic heterocycles. The Balaban J connectivity index is 2.10. The van der Waals surface area contributed by atoms with Crippen LogP contribution in [-0.4, -0.2) is 54.4 Å². The molecule has 0 heterocycles. The Hall–Kier alpha value is -0.810. The van der Waals surface area contributed by atoms with Crippen molar-refractivity contribution in [1.29, 1.82) is 0 Å². The average Bonchev–Trinajstić information content (AvgIpc) is 3.14. The van der Waals surface area contributed by atoms with Crippen molar-refractivity contribution in [1.82, 2.24) is 15.5 Å². The van der Waals surface area contributed by atoms with E-state index in [-0.39, 0.29) is 18.0 Å². The topological polar surface area (TPSA) is 64.6 Å². The van der Waals surface area contributed by atoms with Crippen LogP contribution in [0.2, 0.25) is 0 Å². The predicted molar refractivity (Wildman–Crippen MR) is 77.1 cm³/mol. The molecular formula is C14H29N3O2. The van der Waals surface area contributed by atoms with Crippen LogP contribution in [0.25, 0.3) is 0 Å². The van der Waals surface area contributed by atoms with E-state index in [1.54, 1.807) is 0 Å². The third-order valence-corrected chi connectivity index (χ3v) is 3.61. The summed E-state index contributed by atoms with van der Waals surface area (Å²) in [5.74, 6) is 0. The molecule has 19 heavy (non-hydrogen) atoms. The van der Waals surface area contributed by atoms with Gasteiger partial charge in [-0.15, -0.1) is 0 Å². The highest BCUT2D eigenvalue weighted by molar-refractivity contribution is 5.73. The Bertz CT molecular complexity index is 285. The van der Waals surface area contributed by atoms with Crippen molar-refractivity contribution < 1.29 is 9.90 Å². The smallest absolute Gasteiger partial charge is 0.314 e. The van der Waals surface area contributed by atoms with Crippen LogP contribution in [0, 0.1) is 5.41 Å². The first-order valence-electron chi connectivity index (χ1n) is 7.28. The number of nitrogens with one attached hydrogen (secondary N) is 2. The molecule has 1 aliphatic carbocycles. The quantitative estimate of drug-likeness (QED) is 0.651. The molecule has 1 rings (SSSR count). The number of hydrogen-bond acceptors (Lipinski definition) is 3. The molecule has 0 spiro atoms. The van der Waals surface area contributed by atoms with Crippen molar-refractivity contribution in [3.63, 3.8) is 0 Å². The van der Waals surface area contributed by atoms with Crippen LogP contribution in [0.3, 0.4) is 0 Å². The van der Waals surface area contributed by atoms with Gasteiger partial charge in [-0.05, 0) is 24.8 Å². The highest BCUT2D eigenvalue weighted by Gasteiger charge is 2.27. The van der Waals surface area contributed by atoms with Crippen molar-refractivity contribution in [3.8, 4) is 0 Å². The lowest BCUT2D eigenvalue weighted by Gasteiger charge is -2.26. The van der Waals surface area contributed by atoms with Crippen LogP contribution in [0.5, 0.6) is 0 Å². The van der Waals surface area contributed by atoms with E-state index in [1.807, 2.05) is 20.8 Å². The molecule has 5 nitrogen and oxygen atoms in total. The maximum absolute atomic E-state index is 11.6. The van der Waals surface area contributed by atoms with Gasteiger partial charge in [0.2, 0.25) is 0 Å². The Morgan fingerprint density at radius 1 is 1.37 bits per heavy atom. The first-order chi connectivity index (χ1) is 8.84. The molecule has 1 aliphatic rings. The summed E-state index contributed by atoms with van der Waals surface area (Å²) in [6.07, 6.45) is 2.05. The molecule has 2 amide bonds. The molecule has 1 unspecified atom stereocenters. The zero-order valence-electron chi connectivity index (χ0n) is 12.7. The fraction of sp³-hybridized carbons (Fsp3) is 0.929. The molecule has 1 fully saturated rings. The van der Waals surface area contributed by atoms with E-state index >= 15 is 0 Å². The SMILES string of the molecule is CCN(CCNC(=O)NCC(O)C(C)(C)C)C1CC1. The largest absolute Gasteiger partial charge is 0.391 e. The van der Waals surface area contributed by atoms with Gasteiger partial charge in [0.1, 0.15) is 0 Å². The normalized spacial score (nSPS) is 17.4. The average molecular weight is 271 g/mol. The third kappa shape index (κ3) is 6.25. The number of carbonyl (C=O) groups excluding carboxylic acids is 1. The lowest BCUT2D eigenvalue weighted by atomic mass is 9.89. The minimum absolute atomic E-state index is 0.199. The van der Waals surface area contributed by atoms with E-state index in [0.29, 0.717) is 6.54 Å². The van der Waals surface area contributed by atoms with Gasteiger partial charge in [0.05, 0.1) is 6.10 Å². The zero-order chi connectivity index (χ0) is 14.5. The molecule has 112 valence electrons. The Kier molecular flexibility index (Phi) is 6.07. The van der Waals surface area contributed by atoms with Gasteiger partial charge in [-0.2, -0.15) is 0 Å². The van der Waals surface area contributed by atoms with E-state index in [4.69, 9.17) is 0 Å². The van der Waals surface area contributed by atoms with Crippen LogP contribution in [0.15, 0.2) is 0 Å². The van der Waals surface area contributed by atoms with Crippen LogP contribution >= 0.6 is 0 Å². The molecular weight excluding hydrogens is 242 g/mol. The van der Waals surface area contributed by atoms with Gasteiger partial charge in [-0.25, -0.2) is 4.79 Å². The van der Waals surface area contributed by atoms with Gasteiger partial charge >= 0.3 is 6.03 Å². The molecule has 0 saturated heterocycles. The minimum Gasteiger partial charge on any atom is -0.391 e. The summed E-state index contributed by atoms with van der Waals surface area (Å²) in [5, 5.41) is 15.4.